The van der Waals surface area contributed by atoms with Gasteiger partial charge >= 0.3 is 6.18 Å². The van der Waals surface area contributed by atoms with Gasteiger partial charge in [0.05, 0.1) is 17.8 Å². The average molecular weight is 297 g/mol. The fourth-order valence-corrected chi connectivity index (χ4v) is 2.35. The molecule has 114 valence electrons. The average Bonchev–Trinajstić information content (AvgIpc) is 2.37. The van der Waals surface area contributed by atoms with Gasteiger partial charge in [0.1, 0.15) is 0 Å². The van der Waals surface area contributed by atoms with Crippen LogP contribution >= 0.6 is 0 Å². The van der Waals surface area contributed by atoms with Gasteiger partial charge in [-0.3, -0.25) is 9.88 Å². The number of para-hydroxylation sites is 1. The molecule has 0 bridgehead atoms. The molecule has 1 heterocycles. The third-order valence-corrected chi connectivity index (χ3v) is 3.13. The molecule has 0 amide bonds. The number of halogens is 3. The number of nitrogens with two attached hydrogens (primary N) is 1. The van der Waals surface area contributed by atoms with Crippen LogP contribution in [0.3, 0.4) is 0 Å². The maximum Gasteiger partial charge on any atom is 0.401 e. The van der Waals surface area contributed by atoms with Crippen LogP contribution in [-0.2, 0) is 6.54 Å². The van der Waals surface area contributed by atoms with E-state index in [0.717, 1.165) is 5.39 Å². The molecule has 0 radical (unpaired) electrons. The highest BCUT2D eigenvalue weighted by atomic mass is 19.4. The van der Waals surface area contributed by atoms with Crippen LogP contribution in [0.25, 0.3) is 10.9 Å². The number of anilines is 1. The predicted octanol–water partition coefficient (Wildman–Crippen LogP) is 3.59. The van der Waals surface area contributed by atoms with Crippen molar-refractivity contribution in [2.24, 2.45) is 0 Å². The SMILES string of the molecule is CCCN(Cc1cc(N)c2ccccc2n1)CC(F)(F)F. The molecule has 0 aliphatic carbocycles. The van der Waals surface area contributed by atoms with E-state index >= 15 is 0 Å². The van der Waals surface area contributed by atoms with Gasteiger partial charge in [-0.1, -0.05) is 25.1 Å². The number of nitrogen functional groups attached to an aromatic ring is 1. The van der Waals surface area contributed by atoms with Crippen molar-refractivity contribution in [3.05, 3.63) is 36.0 Å². The summed E-state index contributed by atoms with van der Waals surface area (Å²) in [7, 11) is 0. The van der Waals surface area contributed by atoms with Crippen LogP contribution in [0.4, 0.5) is 18.9 Å². The lowest BCUT2D eigenvalue weighted by molar-refractivity contribution is -0.147. The van der Waals surface area contributed by atoms with E-state index in [-0.39, 0.29) is 6.54 Å². The molecule has 1 aromatic carbocycles. The summed E-state index contributed by atoms with van der Waals surface area (Å²) in [5.74, 6) is 0. The molecular weight excluding hydrogens is 279 g/mol. The molecule has 0 saturated carbocycles. The summed E-state index contributed by atoms with van der Waals surface area (Å²) < 4.78 is 37.7. The van der Waals surface area contributed by atoms with Crippen LogP contribution in [0.2, 0.25) is 0 Å². The summed E-state index contributed by atoms with van der Waals surface area (Å²) in [6.45, 7) is 1.43. The molecule has 0 saturated heterocycles. The topological polar surface area (TPSA) is 42.1 Å². The number of fused-ring (bicyclic) bond motifs is 1. The molecule has 0 spiro atoms. The molecular formula is C15H18F3N3. The van der Waals surface area contributed by atoms with Crippen LogP contribution in [-0.4, -0.2) is 29.1 Å². The monoisotopic (exact) mass is 297 g/mol. The molecule has 0 atom stereocenters. The van der Waals surface area contributed by atoms with Crippen molar-refractivity contribution < 1.29 is 13.2 Å². The number of hydrogen-bond acceptors (Lipinski definition) is 3. The number of benzene rings is 1. The number of nitrogens with zero attached hydrogens (tertiary/aromatic N) is 2. The third-order valence-electron chi connectivity index (χ3n) is 3.13. The van der Waals surface area contributed by atoms with Crippen molar-refractivity contribution in [3.8, 4) is 0 Å². The second kappa shape index (κ2) is 6.30. The number of alkyl halides is 3. The highest BCUT2D eigenvalue weighted by Gasteiger charge is 2.30. The van der Waals surface area contributed by atoms with Crippen molar-refractivity contribution in [1.29, 1.82) is 0 Å². The zero-order valence-corrected chi connectivity index (χ0v) is 11.8. The third kappa shape index (κ3) is 4.32. The Morgan fingerprint density at radius 3 is 2.62 bits per heavy atom. The summed E-state index contributed by atoms with van der Waals surface area (Å²) in [5, 5.41) is 0.819. The van der Waals surface area contributed by atoms with Crippen molar-refractivity contribution in [2.45, 2.75) is 26.1 Å². The smallest absolute Gasteiger partial charge is 0.398 e. The van der Waals surface area contributed by atoms with E-state index in [1.807, 2.05) is 31.2 Å². The van der Waals surface area contributed by atoms with Crippen molar-refractivity contribution >= 4 is 16.6 Å². The van der Waals surface area contributed by atoms with E-state index in [1.54, 1.807) is 6.07 Å². The van der Waals surface area contributed by atoms with E-state index in [1.165, 1.54) is 4.90 Å². The normalized spacial score (nSPS) is 12.2. The van der Waals surface area contributed by atoms with Gasteiger partial charge in [-0.05, 0) is 25.1 Å². The first kappa shape index (κ1) is 15.6. The van der Waals surface area contributed by atoms with Crippen LogP contribution in [0, 0.1) is 0 Å². The number of rotatable bonds is 5. The summed E-state index contributed by atoms with van der Waals surface area (Å²) in [4.78, 5) is 5.74. The maximum atomic E-state index is 12.6. The lowest BCUT2D eigenvalue weighted by Crippen LogP contribution is -2.34. The quantitative estimate of drug-likeness (QED) is 0.917. The lowest BCUT2D eigenvalue weighted by Gasteiger charge is -2.23. The molecule has 21 heavy (non-hydrogen) atoms. The minimum absolute atomic E-state index is 0.141. The van der Waals surface area contributed by atoms with E-state index in [4.69, 9.17) is 5.73 Å². The van der Waals surface area contributed by atoms with Gasteiger partial charge in [0, 0.05) is 17.6 Å². The van der Waals surface area contributed by atoms with E-state index < -0.39 is 12.7 Å². The minimum atomic E-state index is -4.21. The largest absolute Gasteiger partial charge is 0.401 e. The maximum absolute atomic E-state index is 12.6. The Morgan fingerprint density at radius 1 is 1.24 bits per heavy atom. The Bertz CT molecular complexity index is 611. The lowest BCUT2D eigenvalue weighted by atomic mass is 10.1. The highest BCUT2D eigenvalue weighted by molar-refractivity contribution is 5.90. The summed E-state index contributed by atoms with van der Waals surface area (Å²) in [5.41, 5.74) is 7.76. The number of pyridine rings is 1. The molecule has 2 aromatic rings. The van der Waals surface area contributed by atoms with E-state index in [2.05, 4.69) is 4.98 Å². The van der Waals surface area contributed by atoms with E-state index in [9.17, 15) is 13.2 Å². The van der Waals surface area contributed by atoms with Crippen LogP contribution in [0.5, 0.6) is 0 Å². The Morgan fingerprint density at radius 2 is 1.95 bits per heavy atom. The molecule has 2 N–H and O–H groups in total. The van der Waals surface area contributed by atoms with Gasteiger partial charge < -0.3 is 5.73 Å². The molecule has 0 unspecified atom stereocenters. The predicted molar refractivity (Wildman–Crippen MR) is 77.8 cm³/mol. The van der Waals surface area contributed by atoms with Gasteiger partial charge in [-0.15, -0.1) is 0 Å². The van der Waals surface area contributed by atoms with Gasteiger partial charge in [-0.2, -0.15) is 13.2 Å². The van der Waals surface area contributed by atoms with Gasteiger partial charge in [0.15, 0.2) is 0 Å². The summed E-state index contributed by atoms with van der Waals surface area (Å²) in [6.07, 6.45) is -3.56. The Hall–Kier alpha value is -1.82. The van der Waals surface area contributed by atoms with Gasteiger partial charge in [0.2, 0.25) is 0 Å². The number of aromatic nitrogens is 1. The molecule has 0 aliphatic heterocycles. The molecule has 6 heteroatoms. The molecule has 2 rings (SSSR count). The van der Waals surface area contributed by atoms with Crippen LogP contribution in [0.1, 0.15) is 19.0 Å². The fraction of sp³-hybridized carbons (Fsp3) is 0.400. The number of hydrogen-bond donors (Lipinski definition) is 1. The second-order valence-corrected chi connectivity index (χ2v) is 5.05. The Balaban J connectivity index is 2.24. The highest BCUT2D eigenvalue weighted by Crippen LogP contribution is 2.22. The first-order chi connectivity index (χ1) is 9.89. The summed E-state index contributed by atoms with van der Waals surface area (Å²) >= 11 is 0. The zero-order chi connectivity index (χ0) is 15.5. The minimum Gasteiger partial charge on any atom is -0.398 e. The second-order valence-electron chi connectivity index (χ2n) is 5.05. The zero-order valence-electron chi connectivity index (χ0n) is 11.8. The van der Waals surface area contributed by atoms with Gasteiger partial charge in [-0.25, -0.2) is 0 Å². The van der Waals surface area contributed by atoms with Gasteiger partial charge in [0.25, 0.3) is 0 Å². The first-order valence-electron chi connectivity index (χ1n) is 6.82. The van der Waals surface area contributed by atoms with Crippen molar-refractivity contribution in [3.63, 3.8) is 0 Å². The van der Waals surface area contributed by atoms with Crippen molar-refractivity contribution in [1.82, 2.24) is 9.88 Å². The van der Waals surface area contributed by atoms with Crippen molar-refractivity contribution in [2.75, 3.05) is 18.8 Å². The van der Waals surface area contributed by atoms with E-state index in [0.29, 0.717) is 29.9 Å². The first-order valence-corrected chi connectivity index (χ1v) is 6.82. The van der Waals surface area contributed by atoms with Crippen LogP contribution < -0.4 is 5.73 Å². The Labute approximate surface area is 121 Å². The molecule has 1 aromatic heterocycles. The molecule has 0 aliphatic rings. The van der Waals surface area contributed by atoms with Crippen LogP contribution in [0.15, 0.2) is 30.3 Å². The Kier molecular flexibility index (Phi) is 4.67. The molecule has 0 fully saturated rings. The standard InChI is InChI=1S/C15H18F3N3/c1-2-7-21(10-15(16,17)18)9-11-8-13(19)12-5-3-4-6-14(12)20-11/h3-6,8H,2,7,9-10H2,1H3,(H2,19,20). The fourth-order valence-electron chi connectivity index (χ4n) is 2.35. The summed E-state index contributed by atoms with van der Waals surface area (Å²) in [6, 6.07) is 9.00. The molecule has 3 nitrogen and oxygen atoms in total.